The van der Waals surface area contributed by atoms with E-state index in [4.69, 9.17) is 4.74 Å². The lowest BCUT2D eigenvalue weighted by atomic mass is 10.0. The maximum absolute atomic E-state index is 12.5. The molecule has 0 spiro atoms. The molecule has 2 aliphatic heterocycles. The standard InChI is InChI=1S/C15H18N6O2S/c1-10-2-4-16-15(18-10)24-9-14(22)20-5-3-13-12(7-20)21-11(8-23-13)6-17-19-21/h2,4,6,12-13H,3,5,7-9H2,1H3/t12-,13-/m1/s1. The molecule has 0 bridgehead atoms. The van der Waals surface area contributed by atoms with Crippen molar-refractivity contribution in [3.63, 3.8) is 0 Å². The summed E-state index contributed by atoms with van der Waals surface area (Å²) in [6.07, 6.45) is 4.37. The first-order valence-corrected chi connectivity index (χ1v) is 8.90. The molecule has 8 nitrogen and oxygen atoms in total. The van der Waals surface area contributed by atoms with Crippen LogP contribution in [0.1, 0.15) is 23.9 Å². The molecule has 0 unspecified atom stereocenters. The third kappa shape index (κ3) is 3.01. The number of carbonyl (C=O) groups is 1. The second kappa shape index (κ2) is 6.48. The Morgan fingerprint density at radius 2 is 2.42 bits per heavy atom. The minimum Gasteiger partial charge on any atom is -0.370 e. The fourth-order valence-corrected chi connectivity index (χ4v) is 3.90. The highest BCUT2D eigenvalue weighted by molar-refractivity contribution is 7.99. The van der Waals surface area contributed by atoms with E-state index in [1.54, 1.807) is 12.4 Å². The van der Waals surface area contributed by atoms with Crippen molar-refractivity contribution < 1.29 is 9.53 Å². The van der Waals surface area contributed by atoms with Gasteiger partial charge >= 0.3 is 0 Å². The number of thioether (sulfide) groups is 1. The summed E-state index contributed by atoms with van der Waals surface area (Å²) in [4.78, 5) is 22.9. The smallest absolute Gasteiger partial charge is 0.233 e. The van der Waals surface area contributed by atoms with Crippen molar-refractivity contribution in [3.8, 4) is 0 Å². The number of fused-ring (bicyclic) bond motifs is 3. The lowest BCUT2D eigenvalue weighted by molar-refractivity contribution is -0.135. The van der Waals surface area contributed by atoms with Gasteiger partial charge in [0.2, 0.25) is 5.91 Å². The summed E-state index contributed by atoms with van der Waals surface area (Å²) in [7, 11) is 0. The normalized spacial score (nSPS) is 22.8. The van der Waals surface area contributed by atoms with E-state index in [-0.39, 0.29) is 18.1 Å². The largest absolute Gasteiger partial charge is 0.370 e. The van der Waals surface area contributed by atoms with Crippen LogP contribution in [0, 0.1) is 6.92 Å². The Kier molecular flexibility index (Phi) is 4.19. The zero-order chi connectivity index (χ0) is 16.5. The topological polar surface area (TPSA) is 86.0 Å². The van der Waals surface area contributed by atoms with E-state index in [2.05, 4.69) is 20.3 Å². The van der Waals surface area contributed by atoms with E-state index in [1.165, 1.54) is 11.8 Å². The number of piperidine rings is 1. The van der Waals surface area contributed by atoms with Gasteiger partial charge in [-0.25, -0.2) is 14.6 Å². The van der Waals surface area contributed by atoms with Crippen molar-refractivity contribution in [2.45, 2.75) is 37.3 Å². The van der Waals surface area contributed by atoms with Gasteiger partial charge in [-0.3, -0.25) is 4.79 Å². The maximum atomic E-state index is 12.5. The molecule has 0 aromatic carbocycles. The maximum Gasteiger partial charge on any atom is 0.233 e. The average molecular weight is 346 g/mol. The van der Waals surface area contributed by atoms with Gasteiger partial charge in [-0.15, -0.1) is 5.10 Å². The van der Waals surface area contributed by atoms with E-state index in [1.807, 2.05) is 22.6 Å². The number of rotatable bonds is 3. The summed E-state index contributed by atoms with van der Waals surface area (Å²) in [6.45, 7) is 3.77. The Balaban J connectivity index is 1.40. The van der Waals surface area contributed by atoms with E-state index in [9.17, 15) is 4.79 Å². The highest BCUT2D eigenvalue weighted by atomic mass is 32.2. The number of aromatic nitrogens is 5. The van der Waals surface area contributed by atoms with Crippen LogP contribution in [0.25, 0.3) is 0 Å². The van der Waals surface area contributed by atoms with Gasteiger partial charge in [0.05, 0.1) is 36.4 Å². The Bertz CT molecular complexity index is 751. The van der Waals surface area contributed by atoms with Gasteiger partial charge < -0.3 is 9.64 Å². The van der Waals surface area contributed by atoms with Crippen LogP contribution in [0.5, 0.6) is 0 Å². The minimum absolute atomic E-state index is 0.0502. The Labute approximate surface area is 143 Å². The van der Waals surface area contributed by atoms with Crippen LogP contribution in [0.2, 0.25) is 0 Å². The molecule has 0 N–H and O–H groups in total. The third-order valence-electron chi connectivity index (χ3n) is 4.38. The first-order valence-electron chi connectivity index (χ1n) is 7.91. The highest BCUT2D eigenvalue weighted by Crippen LogP contribution is 2.30. The van der Waals surface area contributed by atoms with Crippen molar-refractivity contribution in [2.24, 2.45) is 0 Å². The van der Waals surface area contributed by atoms with Gasteiger partial charge in [0, 0.05) is 25.0 Å². The summed E-state index contributed by atoms with van der Waals surface area (Å²) in [5, 5.41) is 8.76. The molecule has 4 heterocycles. The Morgan fingerprint density at radius 1 is 1.50 bits per heavy atom. The molecule has 2 aromatic heterocycles. The molecular formula is C15H18N6O2S. The molecule has 126 valence electrons. The van der Waals surface area contributed by atoms with Crippen molar-refractivity contribution in [3.05, 3.63) is 29.8 Å². The fourth-order valence-electron chi connectivity index (χ4n) is 3.12. The number of likely N-dealkylation sites (tertiary alicyclic amines) is 1. The van der Waals surface area contributed by atoms with Crippen LogP contribution in [-0.2, 0) is 16.1 Å². The lowest BCUT2D eigenvalue weighted by Crippen LogP contribution is -2.50. The molecule has 1 saturated heterocycles. The molecule has 0 saturated carbocycles. The van der Waals surface area contributed by atoms with Crippen LogP contribution in [0.4, 0.5) is 0 Å². The quantitative estimate of drug-likeness (QED) is 0.601. The molecule has 2 atom stereocenters. The molecule has 2 aromatic rings. The molecular weight excluding hydrogens is 328 g/mol. The average Bonchev–Trinajstić information content (AvgIpc) is 3.08. The summed E-state index contributed by atoms with van der Waals surface area (Å²) < 4.78 is 7.78. The van der Waals surface area contributed by atoms with E-state index in [0.29, 0.717) is 30.6 Å². The highest BCUT2D eigenvalue weighted by Gasteiger charge is 2.37. The van der Waals surface area contributed by atoms with Gasteiger partial charge in [-0.1, -0.05) is 17.0 Å². The van der Waals surface area contributed by atoms with Crippen LogP contribution in [0.15, 0.2) is 23.6 Å². The molecule has 2 aliphatic rings. The monoisotopic (exact) mass is 346 g/mol. The number of aryl methyl sites for hydroxylation is 1. The van der Waals surface area contributed by atoms with Gasteiger partial charge in [-0.2, -0.15) is 0 Å². The van der Waals surface area contributed by atoms with Gasteiger partial charge in [0.25, 0.3) is 0 Å². The van der Waals surface area contributed by atoms with Gasteiger partial charge in [0.1, 0.15) is 0 Å². The van der Waals surface area contributed by atoms with Crippen LogP contribution >= 0.6 is 11.8 Å². The molecule has 4 rings (SSSR count). The molecule has 1 amide bonds. The van der Waals surface area contributed by atoms with Crippen LogP contribution in [-0.4, -0.2) is 60.7 Å². The van der Waals surface area contributed by atoms with E-state index < -0.39 is 0 Å². The molecule has 0 aliphatic carbocycles. The predicted octanol–water partition coefficient (Wildman–Crippen LogP) is 0.841. The minimum atomic E-state index is 0.0502. The van der Waals surface area contributed by atoms with E-state index >= 15 is 0 Å². The van der Waals surface area contributed by atoms with Gasteiger partial charge in [-0.05, 0) is 19.4 Å². The van der Waals surface area contributed by atoms with Crippen molar-refractivity contribution in [1.82, 2.24) is 29.9 Å². The predicted molar refractivity (Wildman–Crippen MR) is 86.3 cm³/mol. The SMILES string of the molecule is Cc1ccnc(SCC(=O)N2CC[C@H]3OCc4cnnn4[C@@H]3C2)n1. The number of amides is 1. The van der Waals surface area contributed by atoms with Crippen LogP contribution in [0.3, 0.4) is 0 Å². The Morgan fingerprint density at radius 3 is 3.29 bits per heavy atom. The Hall–Kier alpha value is -2.00. The molecule has 9 heteroatoms. The third-order valence-corrected chi connectivity index (χ3v) is 5.22. The van der Waals surface area contributed by atoms with Gasteiger partial charge in [0.15, 0.2) is 5.16 Å². The van der Waals surface area contributed by atoms with Crippen molar-refractivity contribution in [1.29, 1.82) is 0 Å². The molecule has 0 radical (unpaired) electrons. The zero-order valence-corrected chi connectivity index (χ0v) is 14.1. The molecule has 1 fully saturated rings. The second-order valence-electron chi connectivity index (χ2n) is 5.98. The summed E-state index contributed by atoms with van der Waals surface area (Å²) in [5.41, 5.74) is 1.87. The number of ether oxygens (including phenoxy) is 1. The first-order chi connectivity index (χ1) is 11.7. The summed E-state index contributed by atoms with van der Waals surface area (Å²) in [6, 6.07) is 1.89. The summed E-state index contributed by atoms with van der Waals surface area (Å²) in [5.74, 6) is 0.433. The van der Waals surface area contributed by atoms with Crippen molar-refractivity contribution in [2.75, 3.05) is 18.8 Å². The second-order valence-corrected chi connectivity index (χ2v) is 6.93. The fraction of sp³-hybridized carbons (Fsp3) is 0.533. The first kappa shape index (κ1) is 15.5. The number of nitrogens with zero attached hydrogens (tertiary/aromatic N) is 6. The zero-order valence-electron chi connectivity index (χ0n) is 13.3. The van der Waals surface area contributed by atoms with Crippen LogP contribution < -0.4 is 0 Å². The summed E-state index contributed by atoms with van der Waals surface area (Å²) >= 11 is 1.37. The molecule has 24 heavy (non-hydrogen) atoms. The number of carbonyl (C=O) groups excluding carboxylic acids is 1. The van der Waals surface area contributed by atoms with E-state index in [0.717, 1.165) is 17.8 Å². The number of hydrogen-bond donors (Lipinski definition) is 0. The lowest BCUT2D eigenvalue weighted by Gasteiger charge is -2.40. The van der Waals surface area contributed by atoms with Crippen molar-refractivity contribution >= 4 is 17.7 Å². The number of hydrogen-bond acceptors (Lipinski definition) is 7.